The van der Waals surface area contributed by atoms with Crippen LogP contribution in [0.1, 0.15) is 0 Å². The molecule has 7 nitrogen and oxygen atoms in total. The molecule has 0 atom stereocenters. The molecule has 0 aromatic carbocycles. The minimum Gasteiger partial charge on any atom is -0.512 e. The van der Waals surface area contributed by atoms with Crippen LogP contribution in [0.5, 0.6) is 0 Å². The molecule has 0 amide bonds. The zero-order valence-electron chi connectivity index (χ0n) is 5.17. The van der Waals surface area contributed by atoms with Crippen LogP contribution in [-0.4, -0.2) is 15.0 Å². The first-order chi connectivity index (χ1) is 5.18. The largest absolute Gasteiger partial charge is 0.512 e. The van der Waals surface area contributed by atoms with Crippen LogP contribution >= 0.6 is 0 Å². The molecule has 1 aromatic rings. The maximum atomic E-state index is 10.2. The van der Waals surface area contributed by atoms with Crippen LogP contribution in [0.3, 0.4) is 0 Å². The highest BCUT2D eigenvalue weighted by atomic mass is 16.2. The number of hydrogen-bond donors (Lipinski definition) is 3. The van der Waals surface area contributed by atoms with E-state index in [0.29, 0.717) is 0 Å². The Morgan fingerprint density at radius 2 is 1.00 bits per heavy atom. The van der Waals surface area contributed by atoms with E-state index in [1.807, 2.05) is 0 Å². The number of H-pyrrole nitrogens is 3. The SMILES string of the molecule is O=c1[nH]c(=O)[nH]c(=O)[nH]1.[C-]#N. The first-order valence-corrected chi connectivity index (χ1v) is 2.34. The molecule has 7 heteroatoms. The van der Waals surface area contributed by atoms with Gasteiger partial charge in [-0.15, -0.1) is 0 Å². The molecule has 0 aliphatic rings. The lowest BCUT2D eigenvalue weighted by atomic mass is 11.0. The van der Waals surface area contributed by atoms with Crippen molar-refractivity contribution in [2.75, 3.05) is 0 Å². The van der Waals surface area contributed by atoms with Gasteiger partial charge in [0.2, 0.25) is 0 Å². The fourth-order valence-corrected chi connectivity index (χ4v) is 0.403. The van der Waals surface area contributed by atoms with E-state index in [1.165, 1.54) is 0 Å². The Hall–Kier alpha value is -2.10. The number of hydrogen-bond acceptors (Lipinski definition) is 4. The number of rotatable bonds is 0. The molecule has 0 radical (unpaired) electrons. The summed E-state index contributed by atoms with van der Waals surface area (Å²) in [5.74, 6) is 0. The lowest BCUT2D eigenvalue weighted by Gasteiger charge is -1.77. The molecule has 0 aliphatic heterocycles. The van der Waals surface area contributed by atoms with Crippen molar-refractivity contribution < 1.29 is 0 Å². The third kappa shape index (κ3) is 2.81. The van der Waals surface area contributed by atoms with Crippen molar-refractivity contribution in [1.29, 1.82) is 5.26 Å². The second-order valence-electron chi connectivity index (χ2n) is 1.36. The van der Waals surface area contributed by atoms with Gasteiger partial charge in [-0.3, -0.25) is 15.0 Å². The molecular weight excluding hydrogens is 152 g/mol. The Labute approximate surface area is 59.3 Å². The van der Waals surface area contributed by atoms with Crippen molar-refractivity contribution in [1.82, 2.24) is 15.0 Å². The van der Waals surface area contributed by atoms with Crippen molar-refractivity contribution in [2.24, 2.45) is 0 Å². The summed E-state index contributed by atoms with van der Waals surface area (Å²) in [5.41, 5.74) is -2.41. The monoisotopic (exact) mass is 155 g/mol. The van der Waals surface area contributed by atoms with Gasteiger partial charge in [-0.1, -0.05) is 0 Å². The Kier molecular flexibility index (Phi) is 3.10. The van der Waals surface area contributed by atoms with Crippen LogP contribution in [0.2, 0.25) is 0 Å². The predicted molar refractivity (Wildman–Crippen MR) is 33.3 cm³/mol. The highest BCUT2D eigenvalue weighted by molar-refractivity contribution is 4.60. The highest BCUT2D eigenvalue weighted by Crippen LogP contribution is 1.29. The van der Waals surface area contributed by atoms with Crippen LogP contribution in [0, 0.1) is 11.8 Å². The number of aromatic amines is 3. The van der Waals surface area contributed by atoms with Crippen LogP contribution in [0.4, 0.5) is 0 Å². The Bertz CT molecular complexity index is 315. The summed E-state index contributed by atoms with van der Waals surface area (Å²) in [4.78, 5) is 35.9. The van der Waals surface area contributed by atoms with E-state index >= 15 is 0 Å². The van der Waals surface area contributed by atoms with E-state index < -0.39 is 17.1 Å². The van der Waals surface area contributed by atoms with Gasteiger partial charge in [-0.25, -0.2) is 14.4 Å². The van der Waals surface area contributed by atoms with Crippen LogP contribution in [-0.2, 0) is 0 Å². The van der Waals surface area contributed by atoms with Gasteiger partial charge < -0.3 is 11.8 Å². The fraction of sp³-hybridized carbons (Fsp3) is 0. The normalized spacial score (nSPS) is 7.82. The number of aromatic nitrogens is 3. The molecule has 11 heavy (non-hydrogen) atoms. The molecule has 1 heterocycles. The first kappa shape index (κ1) is 8.90. The third-order valence-corrected chi connectivity index (χ3v) is 0.681. The standard InChI is InChI=1S/C3H3N3O3.CN/c7-1-4-2(8)6-3(9)5-1;1-2/h(H3,4,5,6,7,8,9);/q;-1. The van der Waals surface area contributed by atoms with Gasteiger partial charge in [0.1, 0.15) is 0 Å². The van der Waals surface area contributed by atoms with E-state index in [2.05, 4.69) is 0 Å². The predicted octanol–water partition coefficient (Wildman–Crippen LogP) is -2.15. The van der Waals surface area contributed by atoms with E-state index in [1.54, 1.807) is 15.0 Å². The molecule has 0 spiro atoms. The van der Waals surface area contributed by atoms with Gasteiger partial charge in [0.05, 0.1) is 0 Å². The topological polar surface area (TPSA) is 122 Å². The van der Waals surface area contributed by atoms with Crippen molar-refractivity contribution >= 4 is 0 Å². The van der Waals surface area contributed by atoms with E-state index in [-0.39, 0.29) is 0 Å². The average molecular weight is 155 g/mol. The Morgan fingerprint density at radius 1 is 0.818 bits per heavy atom. The Morgan fingerprint density at radius 3 is 1.18 bits per heavy atom. The van der Waals surface area contributed by atoms with Gasteiger partial charge in [0.25, 0.3) is 0 Å². The first-order valence-electron chi connectivity index (χ1n) is 2.34. The summed E-state index contributed by atoms with van der Waals surface area (Å²) in [6, 6.07) is 0. The molecule has 58 valence electrons. The smallest absolute Gasteiger partial charge is 0.330 e. The zero-order chi connectivity index (χ0) is 8.85. The van der Waals surface area contributed by atoms with Gasteiger partial charge >= 0.3 is 17.1 Å². The molecule has 3 N–H and O–H groups in total. The third-order valence-electron chi connectivity index (χ3n) is 0.681. The average Bonchev–Trinajstić information content (AvgIpc) is 1.88. The van der Waals surface area contributed by atoms with Crippen molar-refractivity contribution in [3.8, 4) is 0 Å². The minimum atomic E-state index is -0.802. The lowest BCUT2D eigenvalue weighted by Crippen LogP contribution is -2.34. The van der Waals surface area contributed by atoms with Gasteiger partial charge in [0, 0.05) is 0 Å². The molecule has 0 unspecified atom stereocenters. The van der Waals surface area contributed by atoms with E-state index in [4.69, 9.17) is 11.8 Å². The van der Waals surface area contributed by atoms with Crippen molar-refractivity contribution in [3.63, 3.8) is 0 Å². The summed E-state index contributed by atoms with van der Waals surface area (Å²) in [5, 5.41) is 6.25. The number of nitrogens with zero attached hydrogens (tertiary/aromatic N) is 1. The van der Waals surface area contributed by atoms with E-state index in [0.717, 1.165) is 0 Å². The summed E-state index contributed by atoms with van der Waals surface area (Å²) in [6.45, 7) is 4.75. The summed E-state index contributed by atoms with van der Waals surface area (Å²) in [6.07, 6.45) is 0. The van der Waals surface area contributed by atoms with Crippen LogP contribution in [0.25, 0.3) is 0 Å². The molecule has 0 saturated carbocycles. The molecule has 1 rings (SSSR count). The quantitative estimate of drug-likeness (QED) is 0.369. The lowest BCUT2D eigenvalue weighted by molar-refractivity contribution is 0.888. The molecule has 0 saturated heterocycles. The van der Waals surface area contributed by atoms with E-state index in [9.17, 15) is 14.4 Å². The minimum absolute atomic E-state index is 0.802. The molecular formula is C4H3N4O3-. The van der Waals surface area contributed by atoms with Crippen molar-refractivity contribution in [2.45, 2.75) is 0 Å². The molecule has 0 fully saturated rings. The second-order valence-corrected chi connectivity index (χ2v) is 1.36. The van der Waals surface area contributed by atoms with Crippen LogP contribution in [0.15, 0.2) is 14.4 Å². The van der Waals surface area contributed by atoms with Gasteiger partial charge in [-0.05, 0) is 0 Å². The van der Waals surface area contributed by atoms with Gasteiger partial charge in [0.15, 0.2) is 0 Å². The van der Waals surface area contributed by atoms with Crippen LogP contribution < -0.4 is 17.1 Å². The molecule has 0 aliphatic carbocycles. The van der Waals surface area contributed by atoms with Gasteiger partial charge in [-0.2, -0.15) is 0 Å². The summed E-state index contributed by atoms with van der Waals surface area (Å²) in [7, 11) is 0. The molecule has 1 aromatic heterocycles. The van der Waals surface area contributed by atoms with Crippen molar-refractivity contribution in [3.05, 3.63) is 38.0 Å². The maximum Gasteiger partial charge on any atom is 0.330 e. The fourth-order valence-electron chi connectivity index (χ4n) is 0.403. The maximum absolute atomic E-state index is 10.2. The summed E-state index contributed by atoms with van der Waals surface area (Å²) >= 11 is 0. The number of nitrogens with one attached hydrogen (secondary N) is 3. The Balaban J connectivity index is 0.000000461. The summed E-state index contributed by atoms with van der Waals surface area (Å²) < 4.78 is 0. The molecule has 0 bridgehead atoms. The zero-order valence-corrected chi connectivity index (χ0v) is 5.17. The highest BCUT2D eigenvalue weighted by Gasteiger charge is 1.84. The second kappa shape index (κ2) is 3.84.